The van der Waals surface area contributed by atoms with Crippen molar-refractivity contribution in [2.24, 2.45) is 17.8 Å². The summed E-state index contributed by atoms with van der Waals surface area (Å²) in [5.41, 5.74) is 0. The van der Waals surface area contributed by atoms with Crippen LogP contribution in [-0.4, -0.2) is 6.29 Å². The summed E-state index contributed by atoms with van der Waals surface area (Å²) in [7, 11) is 0. The Balaban J connectivity index is 2.09. The predicted octanol–water partition coefficient (Wildman–Crippen LogP) is 1.62. The standard InChI is InChI=1S/C8H12O/c9-5-8-4-6-1-2-7(8)3-6/h5-8H,1-4H2/t6-,7+,8+/m1/s1. The quantitative estimate of drug-likeness (QED) is 0.485. The summed E-state index contributed by atoms with van der Waals surface area (Å²) in [6, 6.07) is 0. The molecular weight excluding hydrogens is 112 g/mol. The first-order valence-corrected chi connectivity index (χ1v) is 3.85. The van der Waals surface area contributed by atoms with Crippen molar-refractivity contribution in [3.63, 3.8) is 0 Å². The second-order valence-electron chi connectivity index (χ2n) is 3.47. The fourth-order valence-electron chi connectivity index (χ4n) is 2.46. The highest BCUT2D eigenvalue weighted by Crippen LogP contribution is 2.47. The monoisotopic (exact) mass is 124 g/mol. The molecular formula is C8H12O. The minimum Gasteiger partial charge on any atom is -0.303 e. The minimum absolute atomic E-state index is 0.448. The second kappa shape index (κ2) is 1.83. The van der Waals surface area contributed by atoms with Crippen molar-refractivity contribution in [1.82, 2.24) is 0 Å². The zero-order valence-electron chi connectivity index (χ0n) is 5.55. The molecule has 2 aliphatic rings. The molecule has 0 N–H and O–H groups in total. The Bertz CT molecular complexity index is 131. The number of carbonyl (C=O) groups excluding carboxylic acids is 1. The molecule has 0 aromatic heterocycles. The molecule has 3 atom stereocenters. The predicted molar refractivity (Wildman–Crippen MR) is 35.0 cm³/mol. The average Bonchev–Trinajstić information content (AvgIpc) is 2.45. The number of carbonyl (C=O) groups is 1. The van der Waals surface area contributed by atoms with E-state index in [1.807, 2.05) is 0 Å². The lowest BCUT2D eigenvalue weighted by Gasteiger charge is -2.14. The van der Waals surface area contributed by atoms with Gasteiger partial charge in [0.05, 0.1) is 0 Å². The molecule has 1 nitrogen and oxygen atoms in total. The number of rotatable bonds is 1. The van der Waals surface area contributed by atoms with E-state index in [9.17, 15) is 4.79 Å². The van der Waals surface area contributed by atoms with E-state index in [-0.39, 0.29) is 0 Å². The van der Waals surface area contributed by atoms with Crippen molar-refractivity contribution in [2.75, 3.05) is 0 Å². The molecule has 0 aliphatic heterocycles. The van der Waals surface area contributed by atoms with E-state index >= 15 is 0 Å². The van der Waals surface area contributed by atoms with E-state index in [1.165, 1.54) is 32.0 Å². The maximum atomic E-state index is 10.4. The molecule has 2 rings (SSSR count). The van der Waals surface area contributed by atoms with E-state index in [0.29, 0.717) is 5.92 Å². The average molecular weight is 124 g/mol. The normalized spacial score (nSPS) is 47.8. The first-order chi connectivity index (χ1) is 4.40. The topological polar surface area (TPSA) is 17.1 Å². The molecule has 2 fully saturated rings. The van der Waals surface area contributed by atoms with Gasteiger partial charge in [0.25, 0.3) is 0 Å². The summed E-state index contributed by atoms with van der Waals surface area (Å²) in [6.45, 7) is 0. The van der Waals surface area contributed by atoms with Crippen LogP contribution in [0, 0.1) is 17.8 Å². The number of hydrogen-bond acceptors (Lipinski definition) is 1. The largest absolute Gasteiger partial charge is 0.303 e. The van der Waals surface area contributed by atoms with Crippen LogP contribution in [-0.2, 0) is 4.79 Å². The fourth-order valence-corrected chi connectivity index (χ4v) is 2.46. The Labute approximate surface area is 55.4 Å². The molecule has 0 unspecified atom stereocenters. The van der Waals surface area contributed by atoms with Crippen LogP contribution in [0.3, 0.4) is 0 Å². The molecule has 0 spiro atoms. The maximum Gasteiger partial charge on any atom is 0.123 e. The smallest absolute Gasteiger partial charge is 0.123 e. The molecule has 1 heteroatoms. The lowest BCUT2D eigenvalue weighted by Crippen LogP contribution is -2.10. The van der Waals surface area contributed by atoms with Gasteiger partial charge in [-0.1, -0.05) is 6.42 Å². The highest BCUT2D eigenvalue weighted by atomic mass is 16.1. The molecule has 9 heavy (non-hydrogen) atoms. The zero-order valence-corrected chi connectivity index (χ0v) is 5.55. The van der Waals surface area contributed by atoms with Gasteiger partial charge in [0.15, 0.2) is 0 Å². The van der Waals surface area contributed by atoms with Crippen molar-refractivity contribution in [3.8, 4) is 0 Å². The molecule has 0 amide bonds. The lowest BCUT2D eigenvalue weighted by molar-refractivity contribution is -0.112. The van der Waals surface area contributed by atoms with Crippen LogP contribution >= 0.6 is 0 Å². The number of fused-ring (bicyclic) bond motifs is 2. The van der Waals surface area contributed by atoms with Gasteiger partial charge in [0.1, 0.15) is 6.29 Å². The van der Waals surface area contributed by atoms with Gasteiger partial charge in [-0.25, -0.2) is 0 Å². The molecule has 2 aliphatic carbocycles. The van der Waals surface area contributed by atoms with Gasteiger partial charge in [-0.2, -0.15) is 0 Å². The van der Waals surface area contributed by atoms with E-state index in [4.69, 9.17) is 0 Å². The van der Waals surface area contributed by atoms with Gasteiger partial charge >= 0.3 is 0 Å². The third-order valence-corrected chi connectivity index (χ3v) is 2.97. The van der Waals surface area contributed by atoms with Gasteiger partial charge in [-0.05, 0) is 31.1 Å². The summed E-state index contributed by atoms with van der Waals surface area (Å²) in [4.78, 5) is 10.4. The van der Waals surface area contributed by atoms with E-state index in [1.54, 1.807) is 0 Å². The van der Waals surface area contributed by atoms with Crippen LogP contribution in [0.1, 0.15) is 25.7 Å². The van der Waals surface area contributed by atoms with Crippen molar-refractivity contribution in [2.45, 2.75) is 25.7 Å². The lowest BCUT2D eigenvalue weighted by atomic mass is 9.90. The fraction of sp³-hybridized carbons (Fsp3) is 0.875. The van der Waals surface area contributed by atoms with Crippen molar-refractivity contribution in [3.05, 3.63) is 0 Å². The SMILES string of the molecule is O=C[C@@H]1C[C@@H]2CC[C@H]1C2. The molecule has 2 bridgehead atoms. The Morgan fingerprint density at radius 1 is 1.22 bits per heavy atom. The Morgan fingerprint density at radius 2 is 2.11 bits per heavy atom. The second-order valence-corrected chi connectivity index (χ2v) is 3.47. The third-order valence-electron chi connectivity index (χ3n) is 2.97. The van der Waals surface area contributed by atoms with Crippen molar-refractivity contribution in [1.29, 1.82) is 0 Å². The Morgan fingerprint density at radius 3 is 2.44 bits per heavy atom. The molecule has 0 aromatic carbocycles. The van der Waals surface area contributed by atoms with Crippen molar-refractivity contribution < 1.29 is 4.79 Å². The molecule has 50 valence electrons. The van der Waals surface area contributed by atoms with Gasteiger partial charge in [-0.3, -0.25) is 0 Å². The van der Waals surface area contributed by atoms with Gasteiger partial charge in [0.2, 0.25) is 0 Å². The van der Waals surface area contributed by atoms with Crippen LogP contribution < -0.4 is 0 Å². The molecule has 0 heterocycles. The number of hydrogen-bond donors (Lipinski definition) is 0. The Hall–Kier alpha value is -0.330. The molecule has 0 saturated heterocycles. The summed E-state index contributed by atoms with van der Waals surface area (Å²) in [5.74, 6) is 2.15. The van der Waals surface area contributed by atoms with Gasteiger partial charge in [-0.15, -0.1) is 0 Å². The van der Waals surface area contributed by atoms with Crippen LogP contribution in [0.5, 0.6) is 0 Å². The number of aldehydes is 1. The first kappa shape index (κ1) is 5.45. The van der Waals surface area contributed by atoms with Crippen molar-refractivity contribution >= 4 is 6.29 Å². The third kappa shape index (κ3) is 0.707. The highest BCUT2D eigenvalue weighted by molar-refractivity contribution is 5.55. The zero-order chi connectivity index (χ0) is 6.27. The van der Waals surface area contributed by atoms with Crippen LogP contribution in [0.15, 0.2) is 0 Å². The Kier molecular flexibility index (Phi) is 1.11. The van der Waals surface area contributed by atoms with Gasteiger partial charge < -0.3 is 4.79 Å². The summed E-state index contributed by atoms with van der Waals surface area (Å²) < 4.78 is 0. The van der Waals surface area contributed by atoms with Crippen LogP contribution in [0.4, 0.5) is 0 Å². The summed E-state index contributed by atoms with van der Waals surface area (Å²) in [5, 5.41) is 0. The minimum atomic E-state index is 0.448. The van der Waals surface area contributed by atoms with E-state index < -0.39 is 0 Å². The highest BCUT2D eigenvalue weighted by Gasteiger charge is 2.38. The summed E-state index contributed by atoms with van der Waals surface area (Å²) >= 11 is 0. The van der Waals surface area contributed by atoms with Gasteiger partial charge in [0, 0.05) is 5.92 Å². The molecule has 0 radical (unpaired) electrons. The molecule has 0 aromatic rings. The van der Waals surface area contributed by atoms with Crippen LogP contribution in [0.25, 0.3) is 0 Å². The van der Waals surface area contributed by atoms with Crippen LogP contribution in [0.2, 0.25) is 0 Å². The molecule has 2 saturated carbocycles. The summed E-state index contributed by atoms with van der Waals surface area (Å²) in [6.07, 6.45) is 6.45. The van der Waals surface area contributed by atoms with E-state index in [0.717, 1.165) is 11.8 Å². The maximum absolute atomic E-state index is 10.4. The van der Waals surface area contributed by atoms with E-state index in [2.05, 4.69) is 0 Å². The first-order valence-electron chi connectivity index (χ1n) is 3.85.